The third-order valence-corrected chi connectivity index (χ3v) is 7.13. The van der Waals surface area contributed by atoms with Crippen LogP contribution in [0.3, 0.4) is 0 Å². The quantitative estimate of drug-likeness (QED) is 0.196. The van der Waals surface area contributed by atoms with Crippen molar-refractivity contribution < 1.29 is 4.74 Å². The van der Waals surface area contributed by atoms with Gasteiger partial charge in [0.05, 0.1) is 28.8 Å². The summed E-state index contributed by atoms with van der Waals surface area (Å²) in [7, 11) is 0. The molecule has 0 aliphatic rings. The van der Waals surface area contributed by atoms with Crippen LogP contribution in [-0.2, 0) is 6.61 Å². The van der Waals surface area contributed by atoms with Gasteiger partial charge in [-0.15, -0.1) is 0 Å². The number of aromatic nitrogens is 2. The molecule has 7 heteroatoms. The van der Waals surface area contributed by atoms with Crippen LogP contribution in [0, 0.1) is 11.3 Å². The molecule has 0 aliphatic heterocycles. The van der Waals surface area contributed by atoms with E-state index in [9.17, 15) is 10.1 Å². The van der Waals surface area contributed by atoms with E-state index in [1.54, 1.807) is 18.3 Å². The molecule has 0 saturated carbocycles. The van der Waals surface area contributed by atoms with E-state index < -0.39 is 0 Å². The first-order chi connectivity index (χ1) is 18.5. The van der Waals surface area contributed by atoms with Crippen molar-refractivity contribution in [2.24, 2.45) is 5.10 Å². The molecule has 38 heavy (non-hydrogen) atoms. The van der Waals surface area contributed by atoms with Crippen molar-refractivity contribution in [1.29, 1.82) is 5.26 Å². The van der Waals surface area contributed by atoms with E-state index in [1.807, 2.05) is 73.7 Å². The minimum absolute atomic E-state index is 0.0265. The fourth-order valence-corrected chi connectivity index (χ4v) is 4.70. The van der Waals surface area contributed by atoms with Crippen molar-refractivity contribution in [2.45, 2.75) is 32.8 Å². The highest BCUT2D eigenvalue weighted by Gasteiger charge is 2.16. The van der Waals surface area contributed by atoms with Gasteiger partial charge in [0.1, 0.15) is 18.2 Å². The zero-order valence-corrected chi connectivity index (χ0v) is 22.6. The average molecular weight is 565 g/mol. The Morgan fingerprint density at radius 3 is 2.68 bits per heavy atom. The summed E-state index contributed by atoms with van der Waals surface area (Å²) in [6.07, 6.45) is 2.48. The molecule has 4 aromatic carbocycles. The molecule has 188 valence electrons. The molecule has 0 spiro atoms. The predicted molar refractivity (Wildman–Crippen MR) is 155 cm³/mol. The van der Waals surface area contributed by atoms with Gasteiger partial charge in [0, 0.05) is 21.5 Å². The first kappa shape index (κ1) is 25.4. The highest BCUT2D eigenvalue weighted by molar-refractivity contribution is 9.10. The highest BCUT2D eigenvalue weighted by Crippen LogP contribution is 2.28. The molecule has 0 N–H and O–H groups in total. The topological polar surface area (TPSA) is 80.3 Å². The Kier molecular flexibility index (Phi) is 7.34. The van der Waals surface area contributed by atoms with E-state index >= 15 is 0 Å². The van der Waals surface area contributed by atoms with Gasteiger partial charge in [-0.25, -0.2) is 4.98 Å². The third kappa shape index (κ3) is 4.96. The molecule has 0 radical (unpaired) electrons. The molecule has 1 aromatic heterocycles. The molecule has 0 saturated heterocycles. The summed E-state index contributed by atoms with van der Waals surface area (Å²) in [5, 5.41) is 16.6. The van der Waals surface area contributed by atoms with Gasteiger partial charge in [-0.05, 0) is 47.5 Å². The van der Waals surface area contributed by atoms with Gasteiger partial charge >= 0.3 is 0 Å². The number of hydrogen-bond donors (Lipinski definition) is 0. The standard InChI is InChI=1S/C31H25BrN4O2/c1-3-20(2)30-35-28-14-13-24(32)16-26(28)31(37)36(30)34-18-27-25-11-7-6-8-21(25)12-15-29(27)38-19-23-10-5-4-9-22(23)17-33/h4-16,18,20H,3,19H2,1-2H3/t20-/m0/s1. The number of rotatable bonds is 7. The van der Waals surface area contributed by atoms with E-state index in [-0.39, 0.29) is 18.1 Å². The molecule has 0 fully saturated rings. The van der Waals surface area contributed by atoms with Crippen molar-refractivity contribution in [3.8, 4) is 11.8 Å². The maximum Gasteiger partial charge on any atom is 0.282 e. The minimum atomic E-state index is -0.228. The minimum Gasteiger partial charge on any atom is -0.488 e. The number of halogens is 1. The Bertz CT molecular complexity index is 1790. The van der Waals surface area contributed by atoms with Crippen molar-refractivity contribution in [3.05, 3.63) is 116 Å². The molecule has 0 unspecified atom stereocenters. The van der Waals surface area contributed by atoms with E-state index in [4.69, 9.17) is 14.8 Å². The number of nitriles is 1. The maximum absolute atomic E-state index is 13.6. The Balaban J connectivity index is 1.64. The van der Waals surface area contributed by atoms with Crippen molar-refractivity contribution >= 4 is 43.8 Å². The van der Waals surface area contributed by atoms with Gasteiger partial charge in [-0.3, -0.25) is 4.79 Å². The number of hydrogen-bond acceptors (Lipinski definition) is 5. The van der Waals surface area contributed by atoms with Gasteiger partial charge in [0.15, 0.2) is 0 Å². The summed E-state index contributed by atoms with van der Waals surface area (Å²) in [5.41, 5.74) is 2.53. The van der Waals surface area contributed by atoms with Crippen LogP contribution < -0.4 is 10.3 Å². The summed E-state index contributed by atoms with van der Waals surface area (Å²) in [4.78, 5) is 18.4. The fraction of sp³-hybridized carbons (Fsp3) is 0.161. The highest BCUT2D eigenvalue weighted by atomic mass is 79.9. The lowest BCUT2D eigenvalue weighted by atomic mass is 10.0. The first-order valence-corrected chi connectivity index (χ1v) is 13.2. The SMILES string of the molecule is CC[C@H](C)c1nc2ccc(Br)cc2c(=O)n1N=Cc1c(OCc2ccccc2C#N)ccc2ccccc12. The van der Waals surface area contributed by atoms with Gasteiger partial charge < -0.3 is 4.74 Å². The van der Waals surface area contributed by atoms with Crippen molar-refractivity contribution in [3.63, 3.8) is 0 Å². The lowest BCUT2D eigenvalue weighted by Crippen LogP contribution is -2.23. The third-order valence-electron chi connectivity index (χ3n) is 6.64. The van der Waals surface area contributed by atoms with Crippen molar-refractivity contribution in [1.82, 2.24) is 9.66 Å². The van der Waals surface area contributed by atoms with Gasteiger partial charge in [0.2, 0.25) is 0 Å². The molecule has 0 aliphatic carbocycles. The molecule has 1 atom stereocenters. The second kappa shape index (κ2) is 11.0. The summed E-state index contributed by atoms with van der Waals surface area (Å²) in [6, 6.07) is 26.9. The number of nitrogens with zero attached hydrogens (tertiary/aromatic N) is 4. The van der Waals surface area contributed by atoms with Crippen LogP contribution in [0.15, 0.2) is 93.2 Å². The lowest BCUT2D eigenvalue weighted by molar-refractivity contribution is 0.306. The maximum atomic E-state index is 13.6. The normalized spacial score (nSPS) is 12.2. The molecule has 5 aromatic rings. The molecule has 1 heterocycles. The van der Waals surface area contributed by atoms with Gasteiger partial charge in [0.25, 0.3) is 5.56 Å². The van der Waals surface area contributed by atoms with E-state index in [2.05, 4.69) is 28.9 Å². The Morgan fingerprint density at radius 2 is 1.87 bits per heavy atom. The van der Waals surface area contributed by atoms with Crippen LogP contribution in [0.2, 0.25) is 0 Å². The summed E-state index contributed by atoms with van der Waals surface area (Å²) >= 11 is 3.46. The Morgan fingerprint density at radius 1 is 1.08 bits per heavy atom. The van der Waals surface area contributed by atoms with Gasteiger partial charge in [-0.1, -0.05) is 78.3 Å². The van der Waals surface area contributed by atoms with Crippen LogP contribution in [0.4, 0.5) is 0 Å². The molecular formula is C31H25BrN4O2. The smallest absolute Gasteiger partial charge is 0.282 e. The predicted octanol–water partition coefficient (Wildman–Crippen LogP) is 7.16. The van der Waals surface area contributed by atoms with Crippen LogP contribution in [0.5, 0.6) is 5.75 Å². The summed E-state index contributed by atoms with van der Waals surface area (Å²) in [5.74, 6) is 1.24. The number of ether oxygens (including phenoxy) is 1. The number of benzene rings is 4. The molecule has 5 rings (SSSR count). The van der Waals surface area contributed by atoms with Crippen LogP contribution in [0.25, 0.3) is 21.7 Å². The molecule has 0 bridgehead atoms. The molecular weight excluding hydrogens is 540 g/mol. The van der Waals surface area contributed by atoms with Crippen LogP contribution >= 0.6 is 15.9 Å². The average Bonchev–Trinajstić information content (AvgIpc) is 2.95. The van der Waals surface area contributed by atoms with Crippen LogP contribution in [-0.4, -0.2) is 15.9 Å². The monoisotopic (exact) mass is 564 g/mol. The van der Waals surface area contributed by atoms with E-state index in [0.29, 0.717) is 28.0 Å². The van der Waals surface area contributed by atoms with Gasteiger partial charge in [-0.2, -0.15) is 15.0 Å². The first-order valence-electron chi connectivity index (χ1n) is 12.4. The summed E-state index contributed by atoms with van der Waals surface area (Å²) in [6.45, 7) is 4.33. The van der Waals surface area contributed by atoms with Crippen LogP contribution in [0.1, 0.15) is 48.7 Å². The number of fused-ring (bicyclic) bond motifs is 2. The Hall–Kier alpha value is -4.28. The zero-order valence-electron chi connectivity index (χ0n) is 21.1. The summed E-state index contributed by atoms with van der Waals surface area (Å²) < 4.78 is 8.43. The van der Waals surface area contributed by atoms with E-state index in [0.717, 1.165) is 32.8 Å². The second-order valence-electron chi connectivity index (χ2n) is 9.06. The molecule has 6 nitrogen and oxygen atoms in total. The largest absolute Gasteiger partial charge is 0.488 e. The second-order valence-corrected chi connectivity index (χ2v) is 9.97. The Labute approximate surface area is 229 Å². The fourth-order valence-electron chi connectivity index (χ4n) is 4.34. The molecule has 0 amide bonds. The van der Waals surface area contributed by atoms with E-state index in [1.165, 1.54) is 4.68 Å². The zero-order chi connectivity index (χ0) is 26.6. The lowest BCUT2D eigenvalue weighted by Gasteiger charge is -2.15. The van der Waals surface area contributed by atoms with Crippen molar-refractivity contribution in [2.75, 3.05) is 0 Å².